The fourth-order valence-corrected chi connectivity index (χ4v) is 2.66. The Hall–Kier alpha value is -2.10. The molecule has 1 heterocycles. The Kier molecular flexibility index (Phi) is 4.78. The number of amides is 2. The summed E-state index contributed by atoms with van der Waals surface area (Å²) in [5, 5.41) is 0. The van der Waals surface area contributed by atoms with Crippen LogP contribution in [-0.4, -0.2) is 29.8 Å². The van der Waals surface area contributed by atoms with Gasteiger partial charge in [0.1, 0.15) is 0 Å². The molecule has 1 aliphatic heterocycles. The van der Waals surface area contributed by atoms with Crippen LogP contribution in [0.5, 0.6) is 0 Å². The van der Waals surface area contributed by atoms with Crippen molar-refractivity contribution in [1.82, 2.24) is 4.90 Å². The number of carbonyl (C=O) groups excluding carboxylic acids is 2. The average molecular weight is 286 g/mol. The standard InChI is InChI=1S/C17H22N2O2/c1-12-3-4-14(13(2)11-12)5-6-16(20)19-9-7-15(8-10-19)17(18)21/h3-6,11,15H,7-10H2,1-2H3,(H2,18,21)/b6-5-. The smallest absolute Gasteiger partial charge is 0.246 e. The van der Waals surface area contributed by atoms with Crippen LogP contribution in [0.2, 0.25) is 0 Å². The maximum atomic E-state index is 12.1. The summed E-state index contributed by atoms with van der Waals surface area (Å²) >= 11 is 0. The van der Waals surface area contributed by atoms with Crippen molar-refractivity contribution >= 4 is 17.9 Å². The van der Waals surface area contributed by atoms with Gasteiger partial charge in [0, 0.05) is 25.1 Å². The lowest BCUT2D eigenvalue weighted by molar-refractivity contribution is -0.130. The highest BCUT2D eigenvalue weighted by atomic mass is 16.2. The van der Waals surface area contributed by atoms with Crippen molar-refractivity contribution in [3.63, 3.8) is 0 Å². The van der Waals surface area contributed by atoms with Gasteiger partial charge in [0.2, 0.25) is 11.8 Å². The zero-order valence-electron chi connectivity index (χ0n) is 12.6. The minimum absolute atomic E-state index is 0.00195. The van der Waals surface area contributed by atoms with E-state index in [1.54, 1.807) is 11.0 Å². The fourth-order valence-electron chi connectivity index (χ4n) is 2.66. The molecule has 4 heteroatoms. The topological polar surface area (TPSA) is 63.4 Å². The molecule has 0 bridgehead atoms. The number of nitrogens with zero attached hydrogens (tertiary/aromatic N) is 1. The van der Waals surface area contributed by atoms with Crippen LogP contribution in [0.15, 0.2) is 24.3 Å². The number of primary amides is 1. The molecule has 1 aromatic rings. The van der Waals surface area contributed by atoms with Gasteiger partial charge in [-0.25, -0.2) is 0 Å². The molecule has 0 unspecified atom stereocenters. The molecule has 0 aromatic heterocycles. The molecule has 0 spiro atoms. The zero-order valence-corrected chi connectivity index (χ0v) is 12.6. The van der Waals surface area contributed by atoms with E-state index in [0.717, 1.165) is 11.1 Å². The predicted octanol–water partition coefficient (Wildman–Crippen LogP) is 2.04. The Morgan fingerprint density at radius 1 is 1.24 bits per heavy atom. The Balaban J connectivity index is 1.95. The van der Waals surface area contributed by atoms with Crippen molar-refractivity contribution < 1.29 is 9.59 Å². The lowest BCUT2D eigenvalue weighted by atomic mass is 9.96. The van der Waals surface area contributed by atoms with E-state index in [1.807, 2.05) is 25.1 Å². The van der Waals surface area contributed by atoms with E-state index in [1.165, 1.54) is 5.56 Å². The van der Waals surface area contributed by atoms with Gasteiger partial charge >= 0.3 is 0 Å². The minimum Gasteiger partial charge on any atom is -0.369 e. The summed E-state index contributed by atoms with van der Waals surface area (Å²) in [6.07, 6.45) is 4.80. The summed E-state index contributed by atoms with van der Waals surface area (Å²) in [6.45, 7) is 5.29. The van der Waals surface area contributed by atoms with Crippen LogP contribution in [-0.2, 0) is 9.59 Å². The van der Waals surface area contributed by atoms with Crippen LogP contribution in [0.1, 0.15) is 29.5 Å². The van der Waals surface area contributed by atoms with Gasteiger partial charge in [0.25, 0.3) is 0 Å². The first-order chi connectivity index (χ1) is 9.97. The van der Waals surface area contributed by atoms with Gasteiger partial charge < -0.3 is 10.6 Å². The quantitative estimate of drug-likeness (QED) is 0.864. The van der Waals surface area contributed by atoms with Crippen molar-refractivity contribution in [2.45, 2.75) is 26.7 Å². The first-order valence-corrected chi connectivity index (χ1v) is 7.31. The molecule has 1 aromatic carbocycles. The van der Waals surface area contributed by atoms with E-state index in [4.69, 9.17) is 5.73 Å². The summed E-state index contributed by atoms with van der Waals surface area (Å²) in [6, 6.07) is 6.16. The lowest BCUT2D eigenvalue weighted by Crippen LogP contribution is -2.41. The van der Waals surface area contributed by atoms with Gasteiger partial charge in [0.05, 0.1) is 0 Å². The summed E-state index contributed by atoms with van der Waals surface area (Å²) in [5.74, 6) is -0.344. The molecule has 2 rings (SSSR count). The van der Waals surface area contributed by atoms with E-state index < -0.39 is 0 Å². The molecule has 0 atom stereocenters. The highest BCUT2D eigenvalue weighted by molar-refractivity contribution is 5.92. The summed E-state index contributed by atoms with van der Waals surface area (Å²) in [5.41, 5.74) is 8.72. The van der Waals surface area contributed by atoms with Crippen molar-refractivity contribution in [1.29, 1.82) is 0 Å². The van der Waals surface area contributed by atoms with Crippen molar-refractivity contribution in [2.24, 2.45) is 11.7 Å². The number of likely N-dealkylation sites (tertiary alicyclic amines) is 1. The zero-order chi connectivity index (χ0) is 15.4. The number of hydrogen-bond acceptors (Lipinski definition) is 2. The van der Waals surface area contributed by atoms with E-state index in [0.29, 0.717) is 25.9 Å². The summed E-state index contributed by atoms with van der Waals surface area (Å²) in [4.78, 5) is 25.0. The number of benzene rings is 1. The molecule has 112 valence electrons. The maximum absolute atomic E-state index is 12.1. The number of nitrogens with two attached hydrogens (primary N) is 1. The molecular weight excluding hydrogens is 264 g/mol. The number of rotatable bonds is 3. The molecule has 4 nitrogen and oxygen atoms in total. The third-order valence-corrected chi connectivity index (χ3v) is 4.04. The molecule has 1 fully saturated rings. The largest absolute Gasteiger partial charge is 0.369 e. The summed E-state index contributed by atoms with van der Waals surface area (Å²) in [7, 11) is 0. The van der Waals surface area contributed by atoms with E-state index >= 15 is 0 Å². The molecule has 1 saturated heterocycles. The maximum Gasteiger partial charge on any atom is 0.246 e. The molecule has 0 saturated carbocycles. The van der Waals surface area contributed by atoms with Gasteiger partial charge in [-0.2, -0.15) is 0 Å². The molecule has 0 aliphatic carbocycles. The normalized spacial score (nSPS) is 16.4. The third kappa shape index (κ3) is 3.94. The Labute approximate surface area is 125 Å². The Morgan fingerprint density at radius 3 is 2.48 bits per heavy atom. The van der Waals surface area contributed by atoms with Gasteiger partial charge in [-0.05, 0) is 43.9 Å². The van der Waals surface area contributed by atoms with E-state index in [9.17, 15) is 9.59 Å². The second kappa shape index (κ2) is 6.57. The molecule has 0 radical (unpaired) electrons. The summed E-state index contributed by atoms with van der Waals surface area (Å²) < 4.78 is 0. The first-order valence-electron chi connectivity index (χ1n) is 7.31. The van der Waals surface area contributed by atoms with Crippen LogP contribution in [0, 0.1) is 19.8 Å². The Bertz CT molecular complexity index is 570. The monoisotopic (exact) mass is 286 g/mol. The number of hydrogen-bond donors (Lipinski definition) is 1. The van der Waals surface area contributed by atoms with Crippen LogP contribution >= 0.6 is 0 Å². The fraction of sp³-hybridized carbons (Fsp3) is 0.412. The second-order valence-corrected chi connectivity index (χ2v) is 5.70. The van der Waals surface area contributed by atoms with Crippen LogP contribution in [0.4, 0.5) is 0 Å². The second-order valence-electron chi connectivity index (χ2n) is 5.70. The van der Waals surface area contributed by atoms with Gasteiger partial charge in [-0.15, -0.1) is 0 Å². The average Bonchev–Trinajstić information content (AvgIpc) is 2.46. The number of carbonyl (C=O) groups is 2. The van der Waals surface area contributed by atoms with Crippen molar-refractivity contribution in [3.8, 4) is 0 Å². The highest BCUT2D eigenvalue weighted by Gasteiger charge is 2.24. The SMILES string of the molecule is Cc1ccc(/C=C\C(=O)N2CCC(C(N)=O)CC2)c(C)c1. The van der Waals surface area contributed by atoms with Crippen molar-refractivity contribution in [3.05, 3.63) is 41.0 Å². The van der Waals surface area contributed by atoms with E-state index in [-0.39, 0.29) is 17.7 Å². The number of piperidine rings is 1. The number of aryl methyl sites for hydroxylation is 2. The van der Waals surface area contributed by atoms with Crippen molar-refractivity contribution in [2.75, 3.05) is 13.1 Å². The van der Waals surface area contributed by atoms with Crippen LogP contribution in [0.3, 0.4) is 0 Å². The molecular formula is C17H22N2O2. The van der Waals surface area contributed by atoms with Gasteiger partial charge in [-0.3, -0.25) is 9.59 Å². The van der Waals surface area contributed by atoms with Crippen LogP contribution in [0.25, 0.3) is 6.08 Å². The first kappa shape index (κ1) is 15.3. The molecule has 21 heavy (non-hydrogen) atoms. The minimum atomic E-state index is -0.257. The van der Waals surface area contributed by atoms with Gasteiger partial charge in [0.15, 0.2) is 0 Å². The predicted molar refractivity (Wildman–Crippen MR) is 83.4 cm³/mol. The third-order valence-electron chi connectivity index (χ3n) is 4.04. The van der Waals surface area contributed by atoms with Crippen LogP contribution < -0.4 is 5.73 Å². The molecule has 2 amide bonds. The molecule has 2 N–H and O–H groups in total. The molecule has 1 aliphatic rings. The van der Waals surface area contributed by atoms with E-state index in [2.05, 4.69) is 13.0 Å². The lowest BCUT2D eigenvalue weighted by Gasteiger charge is -2.29. The highest BCUT2D eigenvalue weighted by Crippen LogP contribution is 2.17. The van der Waals surface area contributed by atoms with Gasteiger partial charge in [-0.1, -0.05) is 23.8 Å². The Morgan fingerprint density at radius 2 is 1.90 bits per heavy atom.